The Hall–Kier alpha value is -2.61. The predicted octanol–water partition coefficient (Wildman–Crippen LogP) is 1.76. The fourth-order valence-corrected chi connectivity index (χ4v) is 3.11. The molecule has 1 aromatic carbocycles. The maximum Gasteiger partial charge on any atom is 0.335 e. The molecule has 23 heavy (non-hydrogen) atoms. The number of aromatic nitrogens is 1. The molecule has 0 bridgehead atoms. The highest BCUT2D eigenvalue weighted by molar-refractivity contribution is 7.92. The number of hydrogen-bond donors (Lipinski definition) is 2. The topological polar surface area (TPSA) is 105 Å². The molecule has 7 nitrogen and oxygen atoms in total. The van der Waals surface area contributed by atoms with Crippen LogP contribution in [0.2, 0.25) is 0 Å². The number of aromatic carboxylic acids is 1. The zero-order valence-corrected chi connectivity index (χ0v) is 13.2. The van der Waals surface area contributed by atoms with Gasteiger partial charge in [0.2, 0.25) is 0 Å². The van der Waals surface area contributed by atoms with Gasteiger partial charge >= 0.3 is 5.97 Å². The minimum Gasteiger partial charge on any atom is -0.478 e. The Balaban J connectivity index is 2.35. The molecule has 0 unspecified atom stereocenters. The third-order valence-electron chi connectivity index (χ3n) is 3.09. The Morgan fingerprint density at radius 2 is 2.00 bits per heavy atom. The van der Waals surface area contributed by atoms with Crippen LogP contribution in [0.5, 0.6) is 0 Å². The van der Waals surface area contributed by atoms with Gasteiger partial charge in [0.1, 0.15) is 0 Å². The number of anilines is 1. The van der Waals surface area contributed by atoms with Crippen LogP contribution in [0.3, 0.4) is 0 Å². The third kappa shape index (κ3) is 3.98. The minimum absolute atomic E-state index is 0.121. The zero-order valence-electron chi connectivity index (χ0n) is 12.4. The maximum absolute atomic E-state index is 12.3. The molecule has 0 aliphatic rings. The second kappa shape index (κ2) is 6.66. The van der Waals surface area contributed by atoms with Gasteiger partial charge in [-0.1, -0.05) is 13.0 Å². The van der Waals surface area contributed by atoms with Crippen molar-refractivity contribution in [2.24, 2.45) is 0 Å². The van der Waals surface area contributed by atoms with E-state index < -0.39 is 16.0 Å². The highest BCUT2D eigenvalue weighted by atomic mass is 32.2. The predicted molar refractivity (Wildman–Crippen MR) is 85.2 cm³/mol. The Bertz CT molecular complexity index is 887. The van der Waals surface area contributed by atoms with Crippen LogP contribution in [-0.4, -0.2) is 24.1 Å². The second-order valence-electron chi connectivity index (χ2n) is 4.89. The number of carbonyl (C=O) groups is 1. The molecule has 122 valence electrons. The maximum atomic E-state index is 12.3. The van der Waals surface area contributed by atoms with Gasteiger partial charge in [-0.15, -0.1) is 0 Å². The lowest BCUT2D eigenvalue weighted by atomic mass is 10.2. The fourth-order valence-electron chi connectivity index (χ4n) is 2.02. The highest BCUT2D eigenvalue weighted by Gasteiger charge is 2.16. The molecule has 0 fully saturated rings. The number of aryl methyl sites for hydroxylation is 1. The molecule has 8 heteroatoms. The number of pyridine rings is 1. The second-order valence-corrected chi connectivity index (χ2v) is 6.57. The summed E-state index contributed by atoms with van der Waals surface area (Å²) >= 11 is 0. The number of sulfonamides is 1. The van der Waals surface area contributed by atoms with E-state index in [0.717, 1.165) is 12.5 Å². The molecule has 0 aliphatic carbocycles. The molecule has 1 aromatic heterocycles. The van der Waals surface area contributed by atoms with Gasteiger partial charge < -0.3 is 9.67 Å². The molecule has 0 saturated carbocycles. The largest absolute Gasteiger partial charge is 0.478 e. The first-order chi connectivity index (χ1) is 10.8. The van der Waals surface area contributed by atoms with E-state index in [2.05, 4.69) is 4.72 Å². The first-order valence-electron chi connectivity index (χ1n) is 6.90. The van der Waals surface area contributed by atoms with Crippen molar-refractivity contribution < 1.29 is 18.3 Å². The summed E-state index contributed by atoms with van der Waals surface area (Å²) in [7, 11) is -3.94. The summed E-state index contributed by atoms with van der Waals surface area (Å²) in [4.78, 5) is 22.4. The van der Waals surface area contributed by atoms with Gasteiger partial charge in [-0.2, -0.15) is 0 Å². The molecular formula is C15H16N2O5S. The normalized spacial score (nSPS) is 11.2. The molecule has 2 rings (SSSR count). The smallest absolute Gasteiger partial charge is 0.335 e. The molecule has 2 N–H and O–H groups in total. The average molecular weight is 336 g/mol. The van der Waals surface area contributed by atoms with Crippen LogP contribution in [0, 0.1) is 0 Å². The molecule has 0 spiro atoms. The lowest BCUT2D eigenvalue weighted by Crippen LogP contribution is -2.20. The first-order valence-corrected chi connectivity index (χ1v) is 8.38. The summed E-state index contributed by atoms with van der Waals surface area (Å²) in [6.07, 6.45) is 2.15. The summed E-state index contributed by atoms with van der Waals surface area (Å²) in [6.45, 7) is 2.38. The van der Waals surface area contributed by atoms with E-state index in [4.69, 9.17) is 5.11 Å². The molecule has 1 heterocycles. The van der Waals surface area contributed by atoms with Crippen LogP contribution in [0.1, 0.15) is 23.7 Å². The molecular weight excluding hydrogens is 320 g/mol. The quantitative estimate of drug-likeness (QED) is 0.836. The first kappa shape index (κ1) is 16.8. The van der Waals surface area contributed by atoms with Crippen LogP contribution in [0.25, 0.3) is 0 Å². The van der Waals surface area contributed by atoms with Gasteiger partial charge in [0.25, 0.3) is 15.6 Å². The van der Waals surface area contributed by atoms with E-state index in [1.54, 1.807) is 0 Å². The monoisotopic (exact) mass is 336 g/mol. The van der Waals surface area contributed by atoms with Crippen LogP contribution >= 0.6 is 0 Å². The van der Waals surface area contributed by atoms with E-state index >= 15 is 0 Å². The van der Waals surface area contributed by atoms with Crippen molar-refractivity contribution in [2.75, 3.05) is 4.72 Å². The SMILES string of the molecule is CCCn1cc(NS(=O)(=O)c2cccc(C(=O)O)c2)ccc1=O. The number of hydrogen-bond acceptors (Lipinski definition) is 4. The lowest BCUT2D eigenvalue weighted by molar-refractivity contribution is 0.0696. The minimum atomic E-state index is -3.94. The van der Waals surface area contributed by atoms with E-state index in [-0.39, 0.29) is 21.7 Å². The molecule has 0 aliphatic heterocycles. The number of carboxylic acid groups (broad SMARTS) is 1. The van der Waals surface area contributed by atoms with Gasteiger partial charge in [-0.05, 0) is 30.7 Å². The number of rotatable bonds is 6. The van der Waals surface area contributed by atoms with Crippen molar-refractivity contribution in [1.29, 1.82) is 0 Å². The van der Waals surface area contributed by atoms with Crippen molar-refractivity contribution >= 4 is 21.7 Å². The third-order valence-corrected chi connectivity index (χ3v) is 4.47. The zero-order chi connectivity index (χ0) is 17.0. The van der Waals surface area contributed by atoms with Crippen LogP contribution in [0.4, 0.5) is 5.69 Å². The summed E-state index contributed by atoms with van der Waals surface area (Å²) in [5.74, 6) is -1.21. The van der Waals surface area contributed by atoms with E-state index in [1.807, 2.05) is 6.92 Å². The Labute approximate surface area is 133 Å². The number of benzene rings is 1. The van der Waals surface area contributed by atoms with Gasteiger partial charge in [-0.25, -0.2) is 13.2 Å². The van der Waals surface area contributed by atoms with E-state index in [0.29, 0.717) is 6.54 Å². The molecule has 0 atom stereocenters. The van der Waals surface area contributed by atoms with Crippen LogP contribution in [0.15, 0.2) is 52.3 Å². The van der Waals surface area contributed by atoms with Crippen molar-refractivity contribution in [2.45, 2.75) is 24.8 Å². The van der Waals surface area contributed by atoms with Gasteiger partial charge in [0.15, 0.2) is 0 Å². The van der Waals surface area contributed by atoms with Crippen LogP contribution < -0.4 is 10.3 Å². The molecule has 0 radical (unpaired) electrons. The van der Waals surface area contributed by atoms with Crippen LogP contribution in [-0.2, 0) is 16.6 Å². The summed E-state index contributed by atoms with van der Waals surface area (Å²) in [5, 5.41) is 8.94. The summed E-state index contributed by atoms with van der Waals surface area (Å²) < 4.78 is 28.4. The van der Waals surface area contributed by atoms with Gasteiger partial charge in [-0.3, -0.25) is 9.52 Å². The standard InChI is InChI=1S/C15H16N2O5S/c1-2-8-17-10-12(6-7-14(17)18)16-23(21,22)13-5-3-4-11(9-13)15(19)20/h3-7,9-10,16H,2,8H2,1H3,(H,19,20). The lowest BCUT2D eigenvalue weighted by Gasteiger charge is -2.11. The summed E-state index contributed by atoms with van der Waals surface area (Å²) in [5.41, 5.74) is -0.106. The van der Waals surface area contributed by atoms with Gasteiger partial charge in [0.05, 0.1) is 16.1 Å². The van der Waals surface area contributed by atoms with Crippen molar-refractivity contribution in [3.05, 3.63) is 58.5 Å². The Kier molecular flexibility index (Phi) is 4.85. The van der Waals surface area contributed by atoms with E-state index in [9.17, 15) is 18.0 Å². The molecule has 2 aromatic rings. The fraction of sp³-hybridized carbons (Fsp3) is 0.200. The van der Waals surface area contributed by atoms with Crippen molar-refractivity contribution in [3.8, 4) is 0 Å². The number of carboxylic acids is 1. The Morgan fingerprint density at radius 3 is 2.65 bits per heavy atom. The van der Waals surface area contributed by atoms with E-state index in [1.165, 1.54) is 41.1 Å². The molecule has 0 amide bonds. The average Bonchev–Trinajstić information content (AvgIpc) is 2.51. The number of nitrogens with one attached hydrogen (secondary N) is 1. The summed E-state index contributed by atoms with van der Waals surface area (Å²) in [6, 6.07) is 7.69. The van der Waals surface area contributed by atoms with Crippen molar-refractivity contribution in [3.63, 3.8) is 0 Å². The molecule has 0 saturated heterocycles. The highest BCUT2D eigenvalue weighted by Crippen LogP contribution is 2.16. The Morgan fingerprint density at radius 1 is 1.26 bits per heavy atom. The van der Waals surface area contributed by atoms with Crippen molar-refractivity contribution in [1.82, 2.24) is 4.57 Å². The van der Waals surface area contributed by atoms with Gasteiger partial charge in [0, 0.05) is 18.8 Å². The number of nitrogens with zero attached hydrogens (tertiary/aromatic N) is 1.